The number of nitrogens with zero attached hydrogens (tertiary/aromatic N) is 2. The van der Waals surface area contributed by atoms with Gasteiger partial charge in [-0.05, 0) is 43.6 Å². The Kier molecular flexibility index (Phi) is 7.13. The van der Waals surface area contributed by atoms with Gasteiger partial charge in [0, 0.05) is 23.9 Å². The van der Waals surface area contributed by atoms with Crippen molar-refractivity contribution in [1.29, 1.82) is 0 Å². The van der Waals surface area contributed by atoms with Gasteiger partial charge in [0.2, 0.25) is 0 Å². The van der Waals surface area contributed by atoms with Crippen molar-refractivity contribution in [3.8, 4) is 0 Å². The summed E-state index contributed by atoms with van der Waals surface area (Å²) in [4.78, 5) is 19.3. The normalized spacial score (nSPS) is 15.2. The van der Waals surface area contributed by atoms with Crippen LogP contribution in [0.25, 0.3) is 0 Å². The summed E-state index contributed by atoms with van der Waals surface area (Å²) in [6, 6.07) is 10.8. The molecule has 1 amide bonds. The first-order valence-electron chi connectivity index (χ1n) is 9.54. The quantitative estimate of drug-likeness (QED) is 0.423. The number of hydrogen-bond acceptors (Lipinski definition) is 4. The lowest BCUT2D eigenvalue weighted by Gasteiger charge is -2.27. The van der Waals surface area contributed by atoms with E-state index in [1.54, 1.807) is 0 Å². The van der Waals surface area contributed by atoms with Crippen LogP contribution in [0.3, 0.4) is 0 Å². The zero-order valence-electron chi connectivity index (χ0n) is 16.0. The van der Waals surface area contributed by atoms with E-state index >= 15 is 0 Å². The monoisotopic (exact) mass is 402 g/mol. The van der Waals surface area contributed by atoms with Crippen molar-refractivity contribution in [1.82, 2.24) is 4.90 Å². The van der Waals surface area contributed by atoms with E-state index < -0.39 is 24.1 Å². The topological polar surface area (TPSA) is 80.0 Å². The highest BCUT2D eigenvalue weighted by Crippen LogP contribution is 2.16. The Morgan fingerprint density at radius 3 is 2.62 bits per heavy atom. The van der Waals surface area contributed by atoms with Gasteiger partial charge in [0.05, 0.1) is 0 Å². The Bertz CT molecular complexity index is 883. The second-order valence-electron chi connectivity index (χ2n) is 6.92. The molecule has 3 rings (SSSR count). The first-order valence-corrected chi connectivity index (χ1v) is 9.54. The predicted octanol–water partition coefficient (Wildman–Crippen LogP) is 3.23. The molecule has 2 aromatic carbocycles. The van der Waals surface area contributed by atoms with Gasteiger partial charge in [0.15, 0.2) is 24.1 Å². The zero-order chi connectivity index (χ0) is 20.6. The number of anilines is 1. The Hall–Kier alpha value is -3.00. The minimum Gasteiger partial charge on any atom is -0.384 e. The molecule has 6 nitrogen and oxygen atoms in total. The fourth-order valence-electron chi connectivity index (χ4n) is 3.25. The average Bonchev–Trinajstić information content (AvgIpc) is 2.72. The number of carbonyl (C=O) groups excluding carboxylic acids is 1. The maximum atomic E-state index is 13.2. The molecule has 0 bridgehead atoms. The summed E-state index contributed by atoms with van der Waals surface area (Å²) in [6.45, 7) is 2.50. The van der Waals surface area contributed by atoms with E-state index in [0.717, 1.165) is 42.9 Å². The molecule has 3 N–H and O–H groups in total. The van der Waals surface area contributed by atoms with Crippen LogP contribution in [0.1, 0.15) is 30.4 Å². The molecule has 0 atom stereocenters. The minimum atomic E-state index is -1.05. The summed E-state index contributed by atoms with van der Waals surface area (Å²) in [5.74, 6) is -2.41. The number of hydrogen-bond donors (Lipinski definition) is 2. The maximum Gasteiger partial charge on any atom is 0.265 e. The number of amides is 1. The molecule has 0 saturated carbocycles. The number of benzene rings is 2. The largest absolute Gasteiger partial charge is 0.384 e. The van der Waals surface area contributed by atoms with Crippen molar-refractivity contribution in [3.05, 3.63) is 65.2 Å². The van der Waals surface area contributed by atoms with Crippen LogP contribution in [0, 0.1) is 11.6 Å². The highest BCUT2D eigenvalue weighted by Gasteiger charge is 2.14. The van der Waals surface area contributed by atoms with Crippen LogP contribution in [-0.2, 0) is 16.2 Å². The van der Waals surface area contributed by atoms with E-state index in [9.17, 15) is 13.6 Å². The number of nitrogens with two attached hydrogens (primary N) is 1. The van der Waals surface area contributed by atoms with Gasteiger partial charge in [-0.3, -0.25) is 9.69 Å². The van der Waals surface area contributed by atoms with Crippen LogP contribution in [0.15, 0.2) is 47.6 Å². The van der Waals surface area contributed by atoms with Crippen molar-refractivity contribution >= 4 is 17.4 Å². The van der Waals surface area contributed by atoms with Crippen LogP contribution in [0.5, 0.6) is 0 Å². The highest BCUT2D eigenvalue weighted by atomic mass is 19.2. The molecule has 2 aromatic rings. The van der Waals surface area contributed by atoms with Gasteiger partial charge in [-0.25, -0.2) is 8.78 Å². The maximum absolute atomic E-state index is 13.2. The number of piperidine rings is 1. The summed E-state index contributed by atoms with van der Waals surface area (Å²) in [5.41, 5.74) is 8.00. The number of rotatable bonds is 7. The molecule has 1 saturated heterocycles. The van der Waals surface area contributed by atoms with Gasteiger partial charge in [-0.15, -0.1) is 0 Å². The summed E-state index contributed by atoms with van der Waals surface area (Å²) in [5, 5.41) is 6.24. The molecule has 1 heterocycles. The second kappa shape index (κ2) is 9.97. The molecule has 0 unspecified atom stereocenters. The van der Waals surface area contributed by atoms with E-state index in [2.05, 4.69) is 15.4 Å². The minimum absolute atomic E-state index is 0.126. The van der Waals surface area contributed by atoms with E-state index in [4.69, 9.17) is 10.6 Å². The Labute approximate surface area is 168 Å². The average molecular weight is 402 g/mol. The summed E-state index contributed by atoms with van der Waals surface area (Å²) < 4.78 is 26.1. The SMILES string of the molecule is N/C(=N\OCC(=O)Nc1ccc(F)c(F)c1)c1ccccc1CN1CCCCC1. The van der Waals surface area contributed by atoms with E-state index in [0.29, 0.717) is 0 Å². The molecule has 154 valence electrons. The number of amidine groups is 1. The van der Waals surface area contributed by atoms with Crippen LogP contribution in [-0.4, -0.2) is 36.3 Å². The fourth-order valence-corrected chi connectivity index (χ4v) is 3.25. The lowest BCUT2D eigenvalue weighted by Crippen LogP contribution is -2.30. The lowest BCUT2D eigenvalue weighted by molar-refractivity contribution is -0.120. The van der Waals surface area contributed by atoms with Gasteiger partial charge in [-0.2, -0.15) is 0 Å². The molecule has 1 aliphatic rings. The summed E-state index contributed by atoms with van der Waals surface area (Å²) >= 11 is 0. The van der Waals surface area contributed by atoms with Crippen LogP contribution >= 0.6 is 0 Å². The van der Waals surface area contributed by atoms with E-state index in [-0.39, 0.29) is 11.5 Å². The predicted molar refractivity (Wildman–Crippen MR) is 107 cm³/mol. The first kappa shape index (κ1) is 20.7. The van der Waals surface area contributed by atoms with Gasteiger partial charge in [-0.1, -0.05) is 35.8 Å². The molecule has 8 heteroatoms. The van der Waals surface area contributed by atoms with Crippen LogP contribution in [0.2, 0.25) is 0 Å². The number of halogens is 2. The Morgan fingerprint density at radius 2 is 1.86 bits per heavy atom. The molecular formula is C21H24F2N4O2. The molecule has 0 aromatic heterocycles. The number of oxime groups is 1. The zero-order valence-corrected chi connectivity index (χ0v) is 16.0. The van der Waals surface area contributed by atoms with Crippen molar-refractivity contribution in [2.24, 2.45) is 10.9 Å². The van der Waals surface area contributed by atoms with Gasteiger partial charge in [0.1, 0.15) is 0 Å². The number of carbonyl (C=O) groups is 1. The first-order chi connectivity index (χ1) is 14.0. The van der Waals surface area contributed by atoms with E-state index in [1.807, 2.05) is 24.3 Å². The third-order valence-electron chi connectivity index (χ3n) is 4.70. The van der Waals surface area contributed by atoms with Crippen molar-refractivity contribution in [2.45, 2.75) is 25.8 Å². The smallest absolute Gasteiger partial charge is 0.265 e. The summed E-state index contributed by atoms with van der Waals surface area (Å²) in [6.07, 6.45) is 3.66. The van der Waals surface area contributed by atoms with Crippen LogP contribution in [0.4, 0.5) is 14.5 Å². The molecular weight excluding hydrogens is 378 g/mol. The third kappa shape index (κ3) is 5.99. The lowest BCUT2D eigenvalue weighted by atomic mass is 10.0. The number of nitrogens with one attached hydrogen (secondary N) is 1. The standard InChI is InChI=1S/C21H24F2N4O2/c22-18-9-8-16(12-19(18)23)25-20(28)14-29-26-21(24)17-7-3-2-6-15(17)13-27-10-4-1-5-11-27/h2-3,6-9,12H,1,4-5,10-11,13-14H2,(H2,24,26)(H,25,28). The number of likely N-dealkylation sites (tertiary alicyclic amines) is 1. The summed E-state index contributed by atoms with van der Waals surface area (Å²) in [7, 11) is 0. The molecule has 0 aliphatic carbocycles. The highest BCUT2D eigenvalue weighted by molar-refractivity contribution is 5.98. The van der Waals surface area contributed by atoms with Crippen molar-refractivity contribution < 1.29 is 18.4 Å². The molecule has 0 spiro atoms. The van der Waals surface area contributed by atoms with Crippen LogP contribution < -0.4 is 11.1 Å². The molecule has 0 radical (unpaired) electrons. The van der Waals surface area contributed by atoms with Gasteiger partial charge < -0.3 is 15.9 Å². The Balaban J connectivity index is 1.56. The third-order valence-corrected chi connectivity index (χ3v) is 4.70. The van der Waals surface area contributed by atoms with E-state index in [1.165, 1.54) is 25.3 Å². The fraction of sp³-hybridized carbons (Fsp3) is 0.333. The van der Waals surface area contributed by atoms with Crippen molar-refractivity contribution in [3.63, 3.8) is 0 Å². The van der Waals surface area contributed by atoms with Gasteiger partial charge >= 0.3 is 0 Å². The molecule has 1 fully saturated rings. The molecule has 1 aliphatic heterocycles. The molecule has 29 heavy (non-hydrogen) atoms. The van der Waals surface area contributed by atoms with Gasteiger partial charge in [0.25, 0.3) is 5.91 Å². The second-order valence-corrected chi connectivity index (χ2v) is 6.92. The van der Waals surface area contributed by atoms with Crippen molar-refractivity contribution in [2.75, 3.05) is 25.0 Å². The Morgan fingerprint density at radius 1 is 1.10 bits per heavy atom.